The Bertz CT molecular complexity index is 838. The molecular formula is C16H14N4O2S. The summed E-state index contributed by atoms with van der Waals surface area (Å²) >= 11 is 1.50. The highest BCUT2D eigenvalue weighted by Crippen LogP contribution is 2.48. The number of fused-ring (bicyclic) bond motifs is 1. The Balaban J connectivity index is 1.57. The number of aliphatic carboxylic acids is 1. The molecule has 3 aromatic rings. The lowest BCUT2D eigenvalue weighted by Crippen LogP contribution is -2.18. The number of hydrogen-bond acceptors (Lipinski definition) is 6. The lowest BCUT2D eigenvalue weighted by atomic mass is 10.0. The lowest BCUT2D eigenvalue weighted by molar-refractivity contribution is -0.136. The van der Waals surface area contributed by atoms with E-state index in [1.54, 1.807) is 12.4 Å². The number of carboxylic acid groups (broad SMARTS) is 1. The zero-order valence-corrected chi connectivity index (χ0v) is 13.0. The highest BCUT2D eigenvalue weighted by Gasteiger charge is 2.45. The van der Waals surface area contributed by atoms with Crippen molar-refractivity contribution in [2.24, 2.45) is 0 Å². The van der Waals surface area contributed by atoms with Crippen molar-refractivity contribution in [3.63, 3.8) is 0 Å². The van der Waals surface area contributed by atoms with E-state index in [1.807, 2.05) is 24.3 Å². The second kappa shape index (κ2) is 5.27. The van der Waals surface area contributed by atoms with E-state index in [9.17, 15) is 4.79 Å². The van der Waals surface area contributed by atoms with Crippen LogP contribution in [-0.4, -0.2) is 26.0 Å². The number of nitrogens with zero attached hydrogens (tertiary/aromatic N) is 3. The Hall–Kier alpha value is -2.54. The minimum absolute atomic E-state index is 0.0515. The molecule has 1 saturated carbocycles. The van der Waals surface area contributed by atoms with Gasteiger partial charge in [-0.25, -0.2) is 9.97 Å². The molecule has 0 bridgehead atoms. The maximum atomic E-state index is 10.8. The van der Waals surface area contributed by atoms with Crippen molar-refractivity contribution in [2.75, 3.05) is 5.32 Å². The van der Waals surface area contributed by atoms with E-state index in [4.69, 9.17) is 5.11 Å². The van der Waals surface area contributed by atoms with Gasteiger partial charge in [-0.05, 0) is 24.0 Å². The average molecular weight is 326 g/mol. The fourth-order valence-electron chi connectivity index (χ4n) is 2.66. The molecular weight excluding hydrogens is 312 g/mol. The first-order valence-corrected chi connectivity index (χ1v) is 8.13. The molecule has 6 nitrogen and oxygen atoms in total. The Kier molecular flexibility index (Phi) is 3.23. The van der Waals surface area contributed by atoms with Crippen molar-refractivity contribution >= 4 is 32.9 Å². The third kappa shape index (κ3) is 2.75. The van der Waals surface area contributed by atoms with Gasteiger partial charge in [-0.3, -0.25) is 4.79 Å². The van der Waals surface area contributed by atoms with E-state index < -0.39 is 5.97 Å². The molecule has 0 atom stereocenters. The van der Waals surface area contributed by atoms with Gasteiger partial charge in [0.2, 0.25) is 0 Å². The summed E-state index contributed by atoms with van der Waals surface area (Å²) in [7, 11) is 0. The number of nitrogens with one attached hydrogen (secondary N) is 1. The number of benzene rings is 1. The number of carbonyl (C=O) groups is 1. The summed E-state index contributed by atoms with van der Waals surface area (Å²) in [5.41, 5.74) is 2.53. The van der Waals surface area contributed by atoms with Gasteiger partial charge in [-0.2, -0.15) is 4.98 Å². The van der Waals surface area contributed by atoms with Crippen molar-refractivity contribution in [2.45, 2.75) is 24.8 Å². The van der Waals surface area contributed by atoms with E-state index in [2.05, 4.69) is 20.3 Å². The first-order chi connectivity index (χ1) is 11.1. The summed E-state index contributed by atoms with van der Waals surface area (Å²) in [5, 5.41) is 13.2. The van der Waals surface area contributed by atoms with Crippen molar-refractivity contribution in [3.8, 4) is 0 Å². The van der Waals surface area contributed by atoms with E-state index in [1.165, 1.54) is 11.3 Å². The number of thiazole rings is 1. The van der Waals surface area contributed by atoms with Crippen LogP contribution in [0.5, 0.6) is 0 Å². The van der Waals surface area contributed by atoms with Crippen LogP contribution >= 0.6 is 11.3 Å². The molecule has 1 aliphatic carbocycles. The molecule has 2 aromatic heterocycles. The van der Waals surface area contributed by atoms with Gasteiger partial charge >= 0.3 is 5.97 Å². The molecule has 4 rings (SSSR count). The number of hydrogen-bond donors (Lipinski definition) is 2. The van der Waals surface area contributed by atoms with Crippen LogP contribution < -0.4 is 5.32 Å². The third-order valence-electron chi connectivity index (χ3n) is 4.01. The fraction of sp³-hybridized carbons (Fsp3) is 0.250. The van der Waals surface area contributed by atoms with Crippen LogP contribution in [0.4, 0.5) is 5.13 Å². The second-order valence-electron chi connectivity index (χ2n) is 5.68. The van der Waals surface area contributed by atoms with E-state index in [0.29, 0.717) is 5.65 Å². The molecule has 0 amide bonds. The smallest absolute Gasteiger partial charge is 0.307 e. The van der Waals surface area contributed by atoms with Gasteiger partial charge in [0.25, 0.3) is 0 Å². The molecule has 23 heavy (non-hydrogen) atoms. The van der Waals surface area contributed by atoms with Gasteiger partial charge in [-0.15, -0.1) is 0 Å². The van der Waals surface area contributed by atoms with Gasteiger partial charge in [0.05, 0.1) is 12.0 Å². The minimum atomic E-state index is -0.813. The van der Waals surface area contributed by atoms with Gasteiger partial charge in [0.15, 0.2) is 15.6 Å². The SMILES string of the molecule is O=C(O)Cc1ccc(C2(Nc3nc4nccnc4s3)CC2)cc1. The third-order valence-corrected chi connectivity index (χ3v) is 4.87. The van der Waals surface area contributed by atoms with E-state index >= 15 is 0 Å². The van der Waals surface area contributed by atoms with Crippen LogP contribution in [0.25, 0.3) is 10.5 Å². The molecule has 1 fully saturated rings. The predicted octanol–water partition coefficient (Wildman–Crippen LogP) is 2.81. The second-order valence-corrected chi connectivity index (χ2v) is 6.66. The Labute approximate surface area is 136 Å². The van der Waals surface area contributed by atoms with Crippen molar-refractivity contribution in [1.82, 2.24) is 15.0 Å². The maximum absolute atomic E-state index is 10.8. The topological polar surface area (TPSA) is 88.0 Å². The first kappa shape index (κ1) is 14.1. The lowest BCUT2D eigenvalue weighted by Gasteiger charge is -2.17. The number of aromatic nitrogens is 3. The van der Waals surface area contributed by atoms with Gasteiger partial charge in [-0.1, -0.05) is 35.6 Å². The highest BCUT2D eigenvalue weighted by atomic mass is 32.1. The van der Waals surface area contributed by atoms with Crippen molar-refractivity contribution in [1.29, 1.82) is 0 Å². The molecule has 0 spiro atoms. The molecule has 0 saturated heterocycles. The molecule has 0 unspecified atom stereocenters. The molecule has 0 radical (unpaired) electrons. The van der Waals surface area contributed by atoms with Crippen molar-refractivity contribution < 1.29 is 9.90 Å². The average Bonchev–Trinajstić information content (AvgIpc) is 3.19. The summed E-state index contributed by atoms with van der Waals surface area (Å²) in [6.45, 7) is 0. The Morgan fingerprint density at radius 3 is 2.61 bits per heavy atom. The minimum Gasteiger partial charge on any atom is -0.481 e. The predicted molar refractivity (Wildman–Crippen MR) is 87.5 cm³/mol. The molecule has 7 heteroatoms. The zero-order chi connectivity index (χ0) is 15.9. The largest absolute Gasteiger partial charge is 0.481 e. The van der Waals surface area contributed by atoms with Crippen LogP contribution in [0.1, 0.15) is 24.0 Å². The van der Waals surface area contributed by atoms with Crippen LogP contribution in [0.15, 0.2) is 36.7 Å². The van der Waals surface area contributed by atoms with Gasteiger partial charge in [0.1, 0.15) is 0 Å². The van der Waals surface area contributed by atoms with Gasteiger partial charge < -0.3 is 10.4 Å². The summed E-state index contributed by atoms with van der Waals surface area (Å²) in [6, 6.07) is 7.77. The Morgan fingerprint density at radius 2 is 1.96 bits per heavy atom. The molecule has 2 heterocycles. The monoisotopic (exact) mass is 326 g/mol. The summed E-state index contributed by atoms with van der Waals surface area (Å²) in [5.74, 6) is -0.813. The van der Waals surface area contributed by atoms with Gasteiger partial charge in [0, 0.05) is 12.4 Å². The number of rotatable bonds is 5. The zero-order valence-electron chi connectivity index (χ0n) is 12.2. The summed E-state index contributed by atoms with van der Waals surface area (Å²) in [6.07, 6.45) is 5.41. The maximum Gasteiger partial charge on any atom is 0.307 e. The Morgan fingerprint density at radius 1 is 1.22 bits per heavy atom. The normalized spacial score (nSPS) is 15.5. The molecule has 0 aliphatic heterocycles. The van der Waals surface area contributed by atoms with Crippen LogP contribution in [0.2, 0.25) is 0 Å². The number of anilines is 1. The first-order valence-electron chi connectivity index (χ1n) is 7.32. The fourth-order valence-corrected chi connectivity index (χ4v) is 3.53. The quantitative estimate of drug-likeness (QED) is 0.749. The van der Waals surface area contributed by atoms with Crippen LogP contribution in [0, 0.1) is 0 Å². The van der Waals surface area contributed by atoms with Crippen LogP contribution in [-0.2, 0) is 16.8 Å². The number of carboxylic acids is 1. The molecule has 1 aromatic carbocycles. The molecule has 116 valence electrons. The summed E-state index contributed by atoms with van der Waals surface area (Å²) in [4.78, 5) is 24.5. The molecule has 1 aliphatic rings. The van der Waals surface area contributed by atoms with Crippen molar-refractivity contribution in [3.05, 3.63) is 47.8 Å². The van der Waals surface area contributed by atoms with Crippen LogP contribution in [0.3, 0.4) is 0 Å². The standard InChI is InChI=1S/C16H14N4O2S/c21-12(22)9-10-1-3-11(4-2-10)16(5-6-16)20-15-19-13-14(23-15)18-8-7-17-13/h1-4,7-8H,5-6,9H2,(H,21,22)(H,17,19,20). The molecule has 2 N–H and O–H groups in total. The van der Waals surface area contributed by atoms with E-state index in [-0.39, 0.29) is 12.0 Å². The highest BCUT2D eigenvalue weighted by molar-refractivity contribution is 7.21. The summed E-state index contributed by atoms with van der Waals surface area (Å²) < 4.78 is 0. The van der Waals surface area contributed by atoms with E-state index in [0.717, 1.165) is 33.9 Å².